The molecule has 2 N–H and O–H groups in total. The predicted molar refractivity (Wildman–Crippen MR) is 149 cm³/mol. The summed E-state index contributed by atoms with van der Waals surface area (Å²) in [7, 11) is 0. The lowest BCUT2D eigenvalue weighted by molar-refractivity contribution is -0.137. The van der Waals surface area contributed by atoms with Crippen molar-refractivity contribution in [2.24, 2.45) is 5.92 Å². The summed E-state index contributed by atoms with van der Waals surface area (Å²) in [5, 5.41) is 13.0. The molecule has 2 aromatic carbocycles. The summed E-state index contributed by atoms with van der Waals surface area (Å²) in [6.45, 7) is 12.3. The number of nitrogens with one attached hydrogen (secondary N) is 1. The lowest BCUT2D eigenvalue weighted by Crippen LogP contribution is -2.32. The number of carboxylic acid groups (broad SMARTS) is 1. The van der Waals surface area contributed by atoms with Crippen molar-refractivity contribution in [1.29, 1.82) is 0 Å². The van der Waals surface area contributed by atoms with E-state index in [1.807, 2.05) is 20.8 Å². The maximum absolute atomic E-state index is 12.6. The van der Waals surface area contributed by atoms with Gasteiger partial charge in [-0.2, -0.15) is 0 Å². The quantitative estimate of drug-likeness (QED) is 0.284. The van der Waals surface area contributed by atoms with Crippen molar-refractivity contribution in [2.75, 3.05) is 0 Å². The Labute approximate surface area is 220 Å². The minimum atomic E-state index is -0.760. The number of alkyl carbamates (subject to hydrolysis) is 1. The molecule has 0 radical (unpaired) electrons. The van der Waals surface area contributed by atoms with E-state index in [0.29, 0.717) is 18.9 Å². The van der Waals surface area contributed by atoms with Crippen molar-refractivity contribution in [2.45, 2.75) is 85.8 Å². The first-order valence-corrected chi connectivity index (χ1v) is 13.1. The Morgan fingerprint density at radius 2 is 1.76 bits per heavy atom. The van der Waals surface area contributed by atoms with Crippen molar-refractivity contribution in [3.8, 4) is 11.1 Å². The highest BCUT2D eigenvalue weighted by Crippen LogP contribution is 2.35. The number of rotatable bonds is 10. The summed E-state index contributed by atoms with van der Waals surface area (Å²) in [5.74, 6) is -0.367. The van der Waals surface area contributed by atoms with Gasteiger partial charge in [-0.1, -0.05) is 49.7 Å². The first kappa shape index (κ1) is 28.2. The minimum Gasteiger partial charge on any atom is -0.481 e. The SMILES string of the molecule is Cc1ccc(-c2c(CNC(=O)OC(C)(C)C)c(CC(C)C)nc3ccc(CCCCC(=O)O)cc23)cc1. The number of aryl methyl sites for hydroxylation is 2. The predicted octanol–water partition coefficient (Wildman–Crippen LogP) is 7.23. The number of benzene rings is 2. The number of nitrogens with zero attached hydrogens (tertiary/aromatic N) is 1. The van der Waals surface area contributed by atoms with Crippen LogP contribution in [0.25, 0.3) is 22.0 Å². The van der Waals surface area contributed by atoms with E-state index < -0.39 is 17.7 Å². The highest BCUT2D eigenvalue weighted by atomic mass is 16.6. The van der Waals surface area contributed by atoms with E-state index in [9.17, 15) is 9.59 Å². The topological polar surface area (TPSA) is 88.5 Å². The fourth-order valence-electron chi connectivity index (χ4n) is 4.43. The first-order chi connectivity index (χ1) is 17.4. The number of hydrogen-bond donors (Lipinski definition) is 2. The van der Waals surface area contributed by atoms with Crippen LogP contribution < -0.4 is 5.32 Å². The maximum atomic E-state index is 12.6. The number of carbonyl (C=O) groups is 2. The van der Waals surface area contributed by atoms with Gasteiger partial charge in [0.15, 0.2) is 0 Å². The highest BCUT2D eigenvalue weighted by Gasteiger charge is 2.21. The van der Waals surface area contributed by atoms with Crippen LogP contribution in [-0.2, 0) is 28.9 Å². The number of aliphatic carboxylic acids is 1. The summed E-state index contributed by atoms with van der Waals surface area (Å²) in [6.07, 6.45) is 2.78. The molecule has 0 spiro atoms. The Kier molecular flexibility index (Phi) is 9.30. The molecule has 0 fully saturated rings. The summed E-state index contributed by atoms with van der Waals surface area (Å²) in [6, 6.07) is 14.8. The third-order valence-corrected chi connectivity index (χ3v) is 6.09. The molecule has 0 aliphatic heterocycles. The molecule has 0 saturated carbocycles. The molecular formula is C31H40N2O4. The van der Waals surface area contributed by atoms with Crippen molar-refractivity contribution in [3.05, 3.63) is 64.8 Å². The second-order valence-electron chi connectivity index (χ2n) is 11.2. The van der Waals surface area contributed by atoms with Gasteiger partial charge < -0.3 is 15.2 Å². The number of unbranched alkanes of at least 4 members (excludes halogenated alkanes) is 1. The maximum Gasteiger partial charge on any atom is 0.407 e. The van der Waals surface area contributed by atoms with E-state index in [1.165, 1.54) is 5.56 Å². The molecule has 6 heteroatoms. The highest BCUT2D eigenvalue weighted by molar-refractivity contribution is 5.97. The molecule has 1 aromatic heterocycles. The van der Waals surface area contributed by atoms with Crippen LogP contribution in [0.2, 0.25) is 0 Å². The van der Waals surface area contributed by atoms with Crippen LogP contribution in [0.5, 0.6) is 0 Å². The van der Waals surface area contributed by atoms with Gasteiger partial charge in [0.1, 0.15) is 5.60 Å². The van der Waals surface area contributed by atoms with E-state index in [-0.39, 0.29) is 6.42 Å². The molecule has 37 heavy (non-hydrogen) atoms. The van der Waals surface area contributed by atoms with E-state index in [4.69, 9.17) is 14.8 Å². The average molecular weight is 505 g/mol. The molecule has 198 valence electrons. The lowest BCUT2D eigenvalue weighted by atomic mass is 9.90. The van der Waals surface area contributed by atoms with E-state index in [2.05, 4.69) is 68.6 Å². The van der Waals surface area contributed by atoms with Gasteiger partial charge in [-0.25, -0.2) is 4.79 Å². The molecule has 0 saturated heterocycles. The Morgan fingerprint density at radius 1 is 1.05 bits per heavy atom. The van der Waals surface area contributed by atoms with Crippen LogP contribution in [0.15, 0.2) is 42.5 Å². The van der Waals surface area contributed by atoms with Gasteiger partial charge in [0.2, 0.25) is 0 Å². The zero-order valence-electron chi connectivity index (χ0n) is 23.0. The fourth-order valence-corrected chi connectivity index (χ4v) is 4.43. The summed E-state index contributed by atoms with van der Waals surface area (Å²) in [4.78, 5) is 28.5. The number of hydrogen-bond acceptors (Lipinski definition) is 4. The van der Waals surface area contributed by atoms with Crippen LogP contribution in [0, 0.1) is 12.8 Å². The second-order valence-corrected chi connectivity index (χ2v) is 11.2. The second kappa shape index (κ2) is 12.2. The number of carboxylic acids is 1. The monoisotopic (exact) mass is 504 g/mol. The van der Waals surface area contributed by atoms with Crippen molar-refractivity contribution in [3.63, 3.8) is 0 Å². The zero-order chi connectivity index (χ0) is 27.2. The van der Waals surface area contributed by atoms with E-state index >= 15 is 0 Å². The lowest BCUT2D eigenvalue weighted by Gasteiger charge is -2.22. The molecule has 3 aromatic rings. The van der Waals surface area contributed by atoms with Gasteiger partial charge in [-0.3, -0.25) is 9.78 Å². The molecule has 3 rings (SSSR count). The number of carbonyl (C=O) groups excluding carboxylic acids is 1. The summed E-state index contributed by atoms with van der Waals surface area (Å²) < 4.78 is 5.51. The van der Waals surface area contributed by atoms with Gasteiger partial charge in [-0.15, -0.1) is 0 Å². The van der Waals surface area contributed by atoms with Crippen molar-refractivity contribution >= 4 is 23.0 Å². The van der Waals surface area contributed by atoms with Crippen molar-refractivity contribution < 1.29 is 19.4 Å². The van der Waals surface area contributed by atoms with Gasteiger partial charge >= 0.3 is 12.1 Å². The smallest absolute Gasteiger partial charge is 0.407 e. The van der Waals surface area contributed by atoms with Crippen LogP contribution in [-0.4, -0.2) is 27.8 Å². The summed E-state index contributed by atoms with van der Waals surface area (Å²) in [5.41, 5.74) is 6.79. The molecule has 0 aliphatic rings. The number of amides is 1. The van der Waals surface area contributed by atoms with Gasteiger partial charge in [0, 0.05) is 29.6 Å². The molecule has 6 nitrogen and oxygen atoms in total. The Bertz CT molecular complexity index is 1240. The normalized spacial score (nSPS) is 11.6. The van der Waals surface area contributed by atoms with Crippen LogP contribution >= 0.6 is 0 Å². The number of ether oxygens (including phenoxy) is 1. The minimum absolute atomic E-state index is 0.183. The molecule has 1 heterocycles. The van der Waals surface area contributed by atoms with Crippen LogP contribution in [0.4, 0.5) is 4.79 Å². The zero-order valence-corrected chi connectivity index (χ0v) is 23.0. The van der Waals surface area contributed by atoms with E-state index in [0.717, 1.165) is 58.1 Å². The Morgan fingerprint density at radius 3 is 2.38 bits per heavy atom. The Balaban J connectivity index is 2.11. The molecule has 0 aliphatic carbocycles. The van der Waals surface area contributed by atoms with Crippen LogP contribution in [0.1, 0.15) is 76.3 Å². The first-order valence-electron chi connectivity index (χ1n) is 13.1. The fraction of sp³-hybridized carbons (Fsp3) is 0.452. The molecule has 0 bridgehead atoms. The number of fused-ring (bicyclic) bond motifs is 1. The number of pyridine rings is 1. The molecular weight excluding hydrogens is 464 g/mol. The summed E-state index contributed by atoms with van der Waals surface area (Å²) >= 11 is 0. The molecule has 1 amide bonds. The third kappa shape index (κ3) is 8.31. The molecule has 0 unspecified atom stereocenters. The van der Waals surface area contributed by atoms with Gasteiger partial charge in [0.25, 0.3) is 0 Å². The van der Waals surface area contributed by atoms with E-state index in [1.54, 1.807) is 0 Å². The number of aromatic nitrogens is 1. The van der Waals surface area contributed by atoms with Crippen LogP contribution in [0.3, 0.4) is 0 Å². The largest absolute Gasteiger partial charge is 0.481 e. The average Bonchev–Trinajstić information content (AvgIpc) is 2.79. The standard InChI is InChI=1S/C31H40N2O4/c1-20(2)17-27-25(19-32-30(36)37-31(4,5)6)29(23-14-11-21(3)12-15-23)24-18-22(13-16-26(24)33-27)9-7-8-10-28(34)35/h11-16,18,20H,7-10,17,19H2,1-6H3,(H,32,36)(H,34,35). The van der Waals surface area contributed by atoms with Crippen molar-refractivity contribution in [1.82, 2.24) is 10.3 Å². The third-order valence-electron chi connectivity index (χ3n) is 6.09. The Hall–Kier alpha value is -3.41. The molecule has 0 atom stereocenters. The van der Waals surface area contributed by atoms with Gasteiger partial charge in [-0.05, 0) is 88.1 Å². The van der Waals surface area contributed by atoms with Gasteiger partial charge in [0.05, 0.1) is 5.52 Å².